The van der Waals surface area contributed by atoms with Gasteiger partial charge in [-0.15, -0.1) is 0 Å². The zero-order valence-corrected chi connectivity index (χ0v) is 7.81. The van der Waals surface area contributed by atoms with Crippen molar-refractivity contribution in [2.75, 3.05) is 0 Å². The number of rotatable bonds is 3. The Kier molecular flexibility index (Phi) is 2.47. The third-order valence-corrected chi connectivity index (χ3v) is 2.87. The quantitative estimate of drug-likeness (QED) is 0.758. The number of nitrogens with zero attached hydrogens (tertiary/aromatic N) is 2. The van der Waals surface area contributed by atoms with Crippen molar-refractivity contribution in [3.05, 3.63) is 12.2 Å². The standard InChI is InChI=1S/C9H13N3O2/c13-9(14)7(6-3-1-2-4-6)8-10-5-11-12-8/h5-7H,1-4H2,(H,13,14)(H,10,11,12). The molecule has 0 aliphatic heterocycles. The smallest absolute Gasteiger partial charge is 0.314 e. The third kappa shape index (κ3) is 1.62. The molecule has 1 aromatic heterocycles. The molecule has 1 fully saturated rings. The Morgan fingerprint density at radius 2 is 2.29 bits per heavy atom. The van der Waals surface area contributed by atoms with Crippen LogP contribution >= 0.6 is 0 Å². The average molecular weight is 195 g/mol. The van der Waals surface area contributed by atoms with Gasteiger partial charge in [0.25, 0.3) is 0 Å². The summed E-state index contributed by atoms with van der Waals surface area (Å²) in [6.45, 7) is 0. The summed E-state index contributed by atoms with van der Waals surface area (Å²) in [6, 6.07) is 0. The summed E-state index contributed by atoms with van der Waals surface area (Å²) >= 11 is 0. The van der Waals surface area contributed by atoms with Gasteiger partial charge in [0.15, 0.2) is 0 Å². The van der Waals surface area contributed by atoms with E-state index in [9.17, 15) is 4.79 Å². The van der Waals surface area contributed by atoms with E-state index in [1.165, 1.54) is 6.33 Å². The summed E-state index contributed by atoms with van der Waals surface area (Å²) in [5.74, 6) is -0.585. The van der Waals surface area contributed by atoms with Crippen LogP contribution in [0.25, 0.3) is 0 Å². The van der Waals surface area contributed by atoms with E-state index in [1.807, 2.05) is 0 Å². The van der Waals surface area contributed by atoms with E-state index in [0.29, 0.717) is 5.82 Å². The lowest BCUT2D eigenvalue weighted by Crippen LogP contribution is -2.20. The van der Waals surface area contributed by atoms with Crippen LogP contribution in [0.2, 0.25) is 0 Å². The molecular formula is C9H13N3O2. The van der Waals surface area contributed by atoms with E-state index in [0.717, 1.165) is 25.7 Å². The number of aliphatic carboxylic acids is 1. The molecule has 76 valence electrons. The van der Waals surface area contributed by atoms with Gasteiger partial charge in [-0.3, -0.25) is 9.89 Å². The molecule has 0 radical (unpaired) electrons. The van der Waals surface area contributed by atoms with E-state index < -0.39 is 11.9 Å². The minimum atomic E-state index is -0.798. The van der Waals surface area contributed by atoms with Crippen LogP contribution in [-0.4, -0.2) is 26.3 Å². The predicted octanol–water partition coefficient (Wildman–Crippen LogP) is 1.16. The fourth-order valence-electron chi connectivity index (χ4n) is 2.20. The fourth-order valence-corrected chi connectivity index (χ4v) is 2.20. The fraction of sp³-hybridized carbons (Fsp3) is 0.667. The van der Waals surface area contributed by atoms with Crippen molar-refractivity contribution in [1.29, 1.82) is 0 Å². The highest BCUT2D eigenvalue weighted by atomic mass is 16.4. The molecular weight excluding hydrogens is 182 g/mol. The zero-order valence-electron chi connectivity index (χ0n) is 7.81. The largest absolute Gasteiger partial charge is 0.481 e. The number of carboxylic acids is 1. The summed E-state index contributed by atoms with van der Waals surface area (Å²) in [5, 5.41) is 15.5. The molecule has 14 heavy (non-hydrogen) atoms. The molecule has 0 spiro atoms. The Morgan fingerprint density at radius 1 is 1.57 bits per heavy atom. The van der Waals surface area contributed by atoms with E-state index in [4.69, 9.17) is 5.11 Å². The van der Waals surface area contributed by atoms with Crippen molar-refractivity contribution in [1.82, 2.24) is 15.2 Å². The molecule has 1 aliphatic rings. The van der Waals surface area contributed by atoms with Gasteiger partial charge in [-0.05, 0) is 18.8 Å². The SMILES string of the molecule is O=C(O)C(c1ncn[nH]1)C1CCCC1. The number of aromatic nitrogens is 3. The molecule has 0 amide bonds. The molecule has 1 aromatic rings. The van der Waals surface area contributed by atoms with E-state index in [1.54, 1.807) is 0 Å². The Labute approximate surface area is 81.6 Å². The Balaban J connectivity index is 2.19. The van der Waals surface area contributed by atoms with Crippen molar-refractivity contribution in [3.63, 3.8) is 0 Å². The normalized spacial score (nSPS) is 19.7. The van der Waals surface area contributed by atoms with Gasteiger partial charge in [0.05, 0.1) is 0 Å². The van der Waals surface area contributed by atoms with Gasteiger partial charge in [-0.25, -0.2) is 4.98 Å². The minimum absolute atomic E-state index is 0.223. The lowest BCUT2D eigenvalue weighted by atomic mass is 9.90. The average Bonchev–Trinajstić information content (AvgIpc) is 2.75. The first-order chi connectivity index (χ1) is 6.79. The number of nitrogens with one attached hydrogen (secondary N) is 1. The molecule has 1 heterocycles. The molecule has 0 aromatic carbocycles. The van der Waals surface area contributed by atoms with Gasteiger partial charge < -0.3 is 5.11 Å². The van der Waals surface area contributed by atoms with Crippen LogP contribution in [0.1, 0.15) is 37.4 Å². The maximum atomic E-state index is 11.1. The molecule has 1 saturated carbocycles. The number of aromatic amines is 1. The number of hydrogen-bond donors (Lipinski definition) is 2. The predicted molar refractivity (Wildman–Crippen MR) is 48.7 cm³/mol. The molecule has 0 saturated heterocycles. The van der Waals surface area contributed by atoms with E-state index in [-0.39, 0.29) is 5.92 Å². The molecule has 1 unspecified atom stereocenters. The molecule has 5 heteroatoms. The van der Waals surface area contributed by atoms with E-state index >= 15 is 0 Å². The first kappa shape index (κ1) is 9.18. The van der Waals surface area contributed by atoms with Crippen molar-refractivity contribution in [2.24, 2.45) is 5.92 Å². The van der Waals surface area contributed by atoms with Crippen LogP contribution in [-0.2, 0) is 4.79 Å². The van der Waals surface area contributed by atoms with Crippen LogP contribution in [0.5, 0.6) is 0 Å². The van der Waals surface area contributed by atoms with Crippen LogP contribution < -0.4 is 0 Å². The highest BCUT2D eigenvalue weighted by molar-refractivity contribution is 5.75. The van der Waals surface area contributed by atoms with Crippen molar-refractivity contribution < 1.29 is 9.90 Å². The first-order valence-corrected chi connectivity index (χ1v) is 4.87. The first-order valence-electron chi connectivity index (χ1n) is 4.87. The maximum absolute atomic E-state index is 11.1. The summed E-state index contributed by atoms with van der Waals surface area (Å²) in [7, 11) is 0. The van der Waals surface area contributed by atoms with Crippen molar-refractivity contribution in [3.8, 4) is 0 Å². The van der Waals surface area contributed by atoms with Gasteiger partial charge in [-0.1, -0.05) is 12.8 Å². The second-order valence-corrected chi connectivity index (χ2v) is 3.73. The molecule has 2 rings (SSSR count). The van der Waals surface area contributed by atoms with Crippen LogP contribution in [0, 0.1) is 5.92 Å². The second-order valence-electron chi connectivity index (χ2n) is 3.73. The number of H-pyrrole nitrogens is 1. The summed E-state index contributed by atoms with van der Waals surface area (Å²) < 4.78 is 0. The molecule has 2 N–H and O–H groups in total. The Morgan fingerprint density at radius 3 is 2.79 bits per heavy atom. The van der Waals surface area contributed by atoms with Crippen molar-refractivity contribution >= 4 is 5.97 Å². The Hall–Kier alpha value is -1.39. The zero-order chi connectivity index (χ0) is 9.97. The second kappa shape index (κ2) is 3.77. The lowest BCUT2D eigenvalue weighted by molar-refractivity contribution is -0.140. The van der Waals surface area contributed by atoms with E-state index in [2.05, 4.69) is 15.2 Å². The number of carbonyl (C=O) groups is 1. The van der Waals surface area contributed by atoms with Gasteiger partial charge in [0, 0.05) is 0 Å². The highest BCUT2D eigenvalue weighted by Gasteiger charge is 2.33. The number of hydrogen-bond acceptors (Lipinski definition) is 3. The summed E-state index contributed by atoms with van der Waals surface area (Å²) in [6.07, 6.45) is 5.58. The lowest BCUT2D eigenvalue weighted by Gasteiger charge is -2.15. The molecule has 5 nitrogen and oxygen atoms in total. The third-order valence-electron chi connectivity index (χ3n) is 2.87. The molecule has 1 aliphatic carbocycles. The van der Waals surface area contributed by atoms with Gasteiger partial charge in [0.2, 0.25) is 0 Å². The highest BCUT2D eigenvalue weighted by Crippen LogP contribution is 2.35. The van der Waals surface area contributed by atoms with Gasteiger partial charge in [0.1, 0.15) is 18.1 Å². The van der Waals surface area contributed by atoms with Crippen LogP contribution in [0.3, 0.4) is 0 Å². The monoisotopic (exact) mass is 195 g/mol. The number of carboxylic acid groups (broad SMARTS) is 1. The van der Waals surface area contributed by atoms with Crippen molar-refractivity contribution in [2.45, 2.75) is 31.6 Å². The Bertz CT molecular complexity index is 304. The summed E-state index contributed by atoms with van der Waals surface area (Å²) in [5.41, 5.74) is 0. The topological polar surface area (TPSA) is 78.9 Å². The maximum Gasteiger partial charge on any atom is 0.314 e. The van der Waals surface area contributed by atoms with Crippen LogP contribution in [0.15, 0.2) is 6.33 Å². The summed E-state index contributed by atoms with van der Waals surface area (Å²) in [4.78, 5) is 15.0. The molecule has 1 atom stereocenters. The van der Waals surface area contributed by atoms with Gasteiger partial charge in [-0.2, -0.15) is 5.10 Å². The molecule has 0 bridgehead atoms. The van der Waals surface area contributed by atoms with Crippen LogP contribution in [0.4, 0.5) is 0 Å². The minimum Gasteiger partial charge on any atom is -0.481 e. The van der Waals surface area contributed by atoms with Gasteiger partial charge >= 0.3 is 5.97 Å².